The van der Waals surface area contributed by atoms with Crippen LogP contribution in [0, 0.1) is 0 Å². The summed E-state index contributed by atoms with van der Waals surface area (Å²) in [6.07, 6.45) is -0.345. The number of aromatic nitrogens is 2. The van der Waals surface area contributed by atoms with E-state index >= 15 is 0 Å². The Morgan fingerprint density at radius 2 is 2.07 bits per heavy atom. The Bertz CT molecular complexity index is 297. The third kappa shape index (κ3) is 3.97. The molecule has 0 spiro atoms. The number of aliphatic hydroxyl groups excluding tert-OH is 1. The molecule has 0 radical (unpaired) electrons. The highest BCUT2D eigenvalue weighted by Gasteiger charge is 2.12. The SMILES string of the molecule is CC(O)CN(C)Cc1nc(C(C)C)no1. The first-order chi connectivity index (χ1) is 6.99. The van der Waals surface area contributed by atoms with Crippen molar-refractivity contribution in [2.75, 3.05) is 13.6 Å². The molecule has 0 saturated heterocycles. The highest BCUT2D eigenvalue weighted by Crippen LogP contribution is 2.10. The van der Waals surface area contributed by atoms with E-state index < -0.39 is 0 Å². The van der Waals surface area contributed by atoms with Gasteiger partial charge in [0.2, 0.25) is 5.89 Å². The van der Waals surface area contributed by atoms with Crippen LogP contribution >= 0.6 is 0 Å². The van der Waals surface area contributed by atoms with E-state index in [0.717, 1.165) is 5.82 Å². The maximum atomic E-state index is 9.19. The summed E-state index contributed by atoms with van der Waals surface area (Å²) in [5.74, 6) is 1.61. The zero-order chi connectivity index (χ0) is 11.4. The molecule has 1 heterocycles. The first-order valence-corrected chi connectivity index (χ1v) is 5.18. The van der Waals surface area contributed by atoms with Gasteiger partial charge in [0.25, 0.3) is 0 Å². The molecule has 0 aliphatic heterocycles. The Labute approximate surface area is 90.1 Å². The van der Waals surface area contributed by atoms with Gasteiger partial charge >= 0.3 is 0 Å². The van der Waals surface area contributed by atoms with Gasteiger partial charge in [-0.25, -0.2) is 0 Å². The Morgan fingerprint density at radius 3 is 2.53 bits per heavy atom. The summed E-state index contributed by atoms with van der Waals surface area (Å²) < 4.78 is 5.09. The standard InChI is InChI=1S/C10H19N3O2/c1-7(2)10-11-9(15-12-10)6-13(4)5-8(3)14/h7-8,14H,5-6H2,1-4H3. The van der Waals surface area contributed by atoms with E-state index in [0.29, 0.717) is 19.0 Å². The van der Waals surface area contributed by atoms with Gasteiger partial charge in [-0.3, -0.25) is 4.90 Å². The smallest absolute Gasteiger partial charge is 0.240 e. The summed E-state index contributed by atoms with van der Waals surface area (Å²) in [6.45, 7) is 6.97. The van der Waals surface area contributed by atoms with E-state index in [9.17, 15) is 5.11 Å². The van der Waals surface area contributed by atoms with Crippen LogP contribution in [0.25, 0.3) is 0 Å². The summed E-state index contributed by atoms with van der Waals surface area (Å²) >= 11 is 0. The lowest BCUT2D eigenvalue weighted by Crippen LogP contribution is -2.26. The average Bonchev–Trinajstić information content (AvgIpc) is 2.50. The van der Waals surface area contributed by atoms with Crippen LogP contribution in [0.3, 0.4) is 0 Å². The molecule has 1 N–H and O–H groups in total. The molecule has 0 aromatic carbocycles. The summed E-state index contributed by atoms with van der Waals surface area (Å²) in [6, 6.07) is 0. The van der Waals surface area contributed by atoms with Gasteiger partial charge in [-0.05, 0) is 14.0 Å². The van der Waals surface area contributed by atoms with Crippen molar-refractivity contribution in [1.82, 2.24) is 15.0 Å². The minimum atomic E-state index is -0.345. The van der Waals surface area contributed by atoms with Crippen molar-refractivity contribution in [3.8, 4) is 0 Å². The van der Waals surface area contributed by atoms with Crippen molar-refractivity contribution in [2.45, 2.75) is 39.3 Å². The number of likely N-dealkylation sites (N-methyl/N-ethyl adjacent to an activating group) is 1. The molecule has 1 atom stereocenters. The van der Waals surface area contributed by atoms with Gasteiger partial charge in [0.15, 0.2) is 5.82 Å². The Kier molecular flexibility index (Phi) is 4.23. The lowest BCUT2D eigenvalue weighted by atomic mass is 10.2. The fourth-order valence-corrected chi connectivity index (χ4v) is 1.31. The highest BCUT2D eigenvalue weighted by molar-refractivity contribution is 4.91. The predicted molar refractivity (Wildman–Crippen MR) is 56.4 cm³/mol. The topological polar surface area (TPSA) is 62.4 Å². The van der Waals surface area contributed by atoms with Crippen molar-refractivity contribution in [2.24, 2.45) is 0 Å². The average molecular weight is 213 g/mol. The predicted octanol–water partition coefficient (Wildman–Crippen LogP) is 1.01. The van der Waals surface area contributed by atoms with Crippen LogP contribution < -0.4 is 0 Å². The minimum Gasteiger partial charge on any atom is -0.392 e. The fraction of sp³-hybridized carbons (Fsp3) is 0.800. The quantitative estimate of drug-likeness (QED) is 0.790. The lowest BCUT2D eigenvalue weighted by Gasteiger charge is -2.15. The van der Waals surface area contributed by atoms with Crippen LogP contribution in [0.4, 0.5) is 0 Å². The van der Waals surface area contributed by atoms with Gasteiger partial charge in [-0.15, -0.1) is 0 Å². The van der Waals surface area contributed by atoms with Gasteiger partial charge in [0.05, 0.1) is 12.6 Å². The second-order valence-corrected chi connectivity index (χ2v) is 4.25. The van der Waals surface area contributed by atoms with Crippen molar-refractivity contribution in [3.05, 3.63) is 11.7 Å². The number of hydrogen-bond donors (Lipinski definition) is 1. The molecule has 0 aliphatic carbocycles. The second-order valence-electron chi connectivity index (χ2n) is 4.25. The lowest BCUT2D eigenvalue weighted by molar-refractivity contribution is 0.131. The van der Waals surface area contributed by atoms with Crippen LogP contribution in [0.5, 0.6) is 0 Å². The Hall–Kier alpha value is -0.940. The zero-order valence-corrected chi connectivity index (χ0v) is 9.77. The molecular formula is C10H19N3O2. The Balaban J connectivity index is 2.49. The molecule has 0 aliphatic rings. The molecule has 1 unspecified atom stereocenters. The largest absolute Gasteiger partial charge is 0.392 e. The maximum Gasteiger partial charge on any atom is 0.240 e. The van der Waals surface area contributed by atoms with Crippen LogP contribution in [0.15, 0.2) is 4.52 Å². The van der Waals surface area contributed by atoms with E-state index in [2.05, 4.69) is 10.1 Å². The van der Waals surface area contributed by atoms with Crippen molar-refractivity contribution in [1.29, 1.82) is 0 Å². The summed E-state index contributed by atoms with van der Waals surface area (Å²) in [5.41, 5.74) is 0. The molecule has 1 aromatic heterocycles. The molecule has 5 heteroatoms. The number of rotatable bonds is 5. The molecule has 1 rings (SSSR count). The van der Waals surface area contributed by atoms with Crippen LogP contribution in [-0.4, -0.2) is 39.8 Å². The molecule has 1 aromatic rings. The van der Waals surface area contributed by atoms with Gasteiger partial charge < -0.3 is 9.63 Å². The van der Waals surface area contributed by atoms with E-state index in [1.54, 1.807) is 6.92 Å². The zero-order valence-electron chi connectivity index (χ0n) is 9.77. The van der Waals surface area contributed by atoms with E-state index in [4.69, 9.17) is 4.52 Å². The van der Waals surface area contributed by atoms with Crippen molar-refractivity contribution < 1.29 is 9.63 Å². The third-order valence-electron chi connectivity index (χ3n) is 1.98. The van der Waals surface area contributed by atoms with Crippen molar-refractivity contribution in [3.63, 3.8) is 0 Å². The summed E-state index contributed by atoms with van der Waals surface area (Å²) in [7, 11) is 1.91. The molecule has 15 heavy (non-hydrogen) atoms. The van der Waals surface area contributed by atoms with Gasteiger partial charge in [-0.2, -0.15) is 4.98 Å². The van der Waals surface area contributed by atoms with Crippen LogP contribution in [0.1, 0.15) is 38.4 Å². The molecule has 5 nitrogen and oxygen atoms in total. The van der Waals surface area contributed by atoms with Gasteiger partial charge in [0.1, 0.15) is 0 Å². The van der Waals surface area contributed by atoms with Gasteiger partial charge in [-0.1, -0.05) is 19.0 Å². The van der Waals surface area contributed by atoms with E-state index in [-0.39, 0.29) is 12.0 Å². The van der Waals surface area contributed by atoms with E-state index in [1.807, 2.05) is 25.8 Å². The number of aliphatic hydroxyl groups is 1. The number of hydrogen-bond acceptors (Lipinski definition) is 5. The first kappa shape index (κ1) is 12.1. The Morgan fingerprint density at radius 1 is 1.40 bits per heavy atom. The minimum absolute atomic E-state index is 0.282. The molecule has 0 fully saturated rings. The number of nitrogens with zero attached hydrogens (tertiary/aromatic N) is 3. The van der Waals surface area contributed by atoms with Crippen molar-refractivity contribution >= 4 is 0 Å². The van der Waals surface area contributed by atoms with E-state index in [1.165, 1.54) is 0 Å². The summed E-state index contributed by atoms with van der Waals surface area (Å²) in [4.78, 5) is 6.20. The molecule has 86 valence electrons. The van der Waals surface area contributed by atoms with Crippen LogP contribution in [-0.2, 0) is 6.54 Å². The maximum absolute atomic E-state index is 9.19. The molecule has 0 bridgehead atoms. The highest BCUT2D eigenvalue weighted by atomic mass is 16.5. The molecular weight excluding hydrogens is 194 g/mol. The van der Waals surface area contributed by atoms with Crippen LogP contribution in [0.2, 0.25) is 0 Å². The third-order valence-corrected chi connectivity index (χ3v) is 1.98. The molecule has 0 amide bonds. The second kappa shape index (κ2) is 5.23. The molecule has 0 saturated carbocycles. The fourth-order valence-electron chi connectivity index (χ4n) is 1.31. The summed E-state index contributed by atoms with van der Waals surface area (Å²) in [5, 5.41) is 13.1. The normalized spacial score (nSPS) is 13.8. The monoisotopic (exact) mass is 213 g/mol. The first-order valence-electron chi connectivity index (χ1n) is 5.18. The van der Waals surface area contributed by atoms with Gasteiger partial charge in [0, 0.05) is 12.5 Å².